The standard InChI is InChI=1S/C17H14ClF3N4O2/c1-3-23-16(27)17(20,21)11-8-25(2)14(13(11)18)15(26)24-10-4-5-12(19)9(6-10)7-22/h4-6,8H,3H2,1-2H3,(H,23,27)(H,24,26). The number of alkyl halides is 2. The molecule has 0 fully saturated rings. The zero-order valence-electron chi connectivity index (χ0n) is 14.2. The smallest absolute Gasteiger partial charge is 0.351 e. The summed E-state index contributed by atoms with van der Waals surface area (Å²) in [6.45, 7) is 1.48. The lowest BCUT2D eigenvalue weighted by Crippen LogP contribution is -2.37. The number of nitriles is 1. The molecule has 6 nitrogen and oxygen atoms in total. The fourth-order valence-electron chi connectivity index (χ4n) is 2.35. The summed E-state index contributed by atoms with van der Waals surface area (Å²) in [6.07, 6.45) is 0.887. The molecule has 0 aliphatic rings. The normalized spacial score (nSPS) is 11.0. The van der Waals surface area contributed by atoms with E-state index in [9.17, 15) is 22.8 Å². The second kappa shape index (κ2) is 7.72. The number of aromatic nitrogens is 1. The van der Waals surface area contributed by atoms with Crippen molar-refractivity contribution in [1.82, 2.24) is 9.88 Å². The number of nitrogens with zero attached hydrogens (tertiary/aromatic N) is 2. The van der Waals surface area contributed by atoms with Crippen LogP contribution in [0.2, 0.25) is 5.02 Å². The Labute approximate surface area is 157 Å². The minimum atomic E-state index is -3.94. The molecule has 0 aliphatic heterocycles. The van der Waals surface area contributed by atoms with Crippen LogP contribution in [0.25, 0.3) is 0 Å². The highest BCUT2D eigenvalue weighted by molar-refractivity contribution is 6.35. The van der Waals surface area contributed by atoms with E-state index in [1.54, 1.807) is 6.07 Å². The van der Waals surface area contributed by atoms with Crippen molar-refractivity contribution in [3.8, 4) is 6.07 Å². The second-order valence-corrected chi connectivity index (χ2v) is 5.89. The van der Waals surface area contributed by atoms with E-state index >= 15 is 0 Å². The Hall–Kier alpha value is -2.99. The number of hydrogen-bond acceptors (Lipinski definition) is 3. The summed E-state index contributed by atoms with van der Waals surface area (Å²) in [5, 5.41) is 12.6. The Morgan fingerprint density at radius 1 is 1.37 bits per heavy atom. The van der Waals surface area contributed by atoms with Crippen molar-refractivity contribution in [2.75, 3.05) is 11.9 Å². The number of halogens is 4. The molecule has 0 saturated heterocycles. The molecule has 0 atom stereocenters. The molecule has 0 unspecified atom stereocenters. The summed E-state index contributed by atoms with van der Waals surface area (Å²) in [6, 6.07) is 4.90. The van der Waals surface area contributed by atoms with Crippen LogP contribution in [0.3, 0.4) is 0 Å². The van der Waals surface area contributed by atoms with Crippen LogP contribution >= 0.6 is 11.6 Å². The van der Waals surface area contributed by atoms with E-state index < -0.39 is 34.1 Å². The lowest BCUT2D eigenvalue weighted by Gasteiger charge is -2.14. The first-order valence-electron chi connectivity index (χ1n) is 7.65. The van der Waals surface area contributed by atoms with E-state index in [1.807, 2.05) is 5.32 Å². The van der Waals surface area contributed by atoms with Gasteiger partial charge in [-0.2, -0.15) is 14.0 Å². The molecule has 0 spiro atoms. The number of amides is 2. The molecule has 2 N–H and O–H groups in total. The zero-order chi connectivity index (χ0) is 20.4. The third-order valence-corrected chi connectivity index (χ3v) is 4.02. The molecule has 0 radical (unpaired) electrons. The summed E-state index contributed by atoms with van der Waals surface area (Å²) in [7, 11) is 1.31. The number of carbonyl (C=O) groups is 2. The SMILES string of the molecule is CCNC(=O)C(F)(F)c1cn(C)c(C(=O)Nc2ccc(F)c(C#N)c2)c1Cl. The van der Waals surface area contributed by atoms with Crippen LogP contribution in [-0.2, 0) is 17.8 Å². The maximum absolute atomic E-state index is 14.3. The van der Waals surface area contributed by atoms with Gasteiger partial charge in [-0.1, -0.05) is 11.6 Å². The van der Waals surface area contributed by atoms with Gasteiger partial charge in [-0.3, -0.25) is 9.59 Å². The molecule has 142 valence electrons. The first-order chi connectivity index (χ1) is 12.6. The van der Waals surface area contributed by atoms with Gasteiger partial charge in [0.25, 0.3) is 11.8 Å². The molecule has 0 aliphatic carbocycles. The van der Waals surface area contributed by atoms with Gasteiger partial charge in [0.05, 0.1) is 16.1 Å². The number of carbonyl (C=O) groups excluding carboxylic acids is 2. The fraction of sp³-hybridized carbons (Fsp3) is 0.235. The van der Waals surface area contributed by atoms with Crippen molar-refractivity contribution in [3.63, 3.8) is 0 Å². The number of nitrogens with one attached hydrogen (secondary N) is 2. The fourth-order valence-corrected chi connectivity index (χ4v) is 2.74. The van der Waals surface area contributed by atoms with Crippen LogP contribution in [0.15, 0.2) is 24.4 Å². The highest BCUT2D eigenvalue weighted by atomic mass is 35.5. The van der Waals surface area contributed by atoms with E-state index in [1.165, 1.54) is 20.0 Å². The van der Waals surface area contributed by atoms with Gasteiger partial charge in [0, 0.05) is 25.5 Å². The van der Waals surface area contributed by atoms with Gasteiger partial charge < -0.3 is 15.2 Å². The second-order valence-electron chi connectivity index (χ2n) is 5.51. The topological polar surface area (TPSA) is 86.9 Å². The van der Waals surface area contributed by atoms with Crippen LogP contribution < -0.4 is 10.6 Å². The first-order valence-corrected chi connectivity index (χ1v) is 8.03. The summed E-state index contributed by atoms with van der Waals surface area (Å²) in [4.78, 5) is 24.0. The predicted octanol–water partition coefficient (Wildman–Crippen LogP) is 3.17. The maximum atomic E-state index is 14.3. The van der Waals surface area contributed by atoms with Gasteiger partial charge in [-0.05, 0) is 25.1 Å². The Bertz CT molecular complexity index is 950. The van der Waals surface area contributed by atoms with Crippen molar-refractivity contribution in [2.24, 2.45) is 7.05 Å². The van der Waals surface area contributed by atoms with E-state index in [0.29, 0.717) is 0 Å². The van der Waals surface area contributed by atoms with E-state index in [2.05, 4.69) is 5.32 Å². The van der Waals surface area contributed by atoms with Crippen LogP contribution in [0.1, 0.15) is 28.5 Å². The van der Waals surface area contributed by atoms with Crippen LogP contribution in [0.4, 0.5) is 18.9 Å². The molecule has 1 aromatic carbocycles. The van der Waals surface area contributed by atoms with Gasteiger partial charge in [-0.25, -0.2) is 4.39 Å². The summed E-state index contributed by atoms with van der Waals surface area (Å²) < 4.78 is 43.0. The molecule has 2 rings (SSSR count). The van der Waals surface area contributed by atoms with Crippen molar-refractivity contribution in [1.29, 1.82) is 5.26 Å². The van der Waals surface area contributed by atoms with Gasteiger partial charge in [-0.15, -0.1) is 0 Å². The predicted molar refractivity (Wildman–Crippen MR) is 92.1 cm³/mol. The van der Waals surface area contributed by atoms with Gasteiger partial charge in [0.1, 0.15) is 17.6 Å². The monoisotopic (exact) mass is 398 g/mol. The van der Waals surface area contributed by atoms with Crippen molar-refractivity contribution >= 4 is 29.1 Å². The van der Waals surface area contributed by atoms with Crippen LogP contribution in [0.5, 0.6) is 0 Å². The largest absolute Gasteiger partial charge is 0.352 e. The molecule has 1 heterocycles. The van der Waals surface area contributed by atoms with Crippen molar-refractivity contribution < 1.29 is 22.8 Å². The molecule has 27 heavy (non-hydrogen) atoms. The van der Waals surface area contributed by atoms with E-state index in [4.69, 9.17) is 16.9 Å². The van der Waals surface area contributed by atoms with E-state index in [0.717, 1.165) is 22.9 Å². The highest BCUT2D eigenvalue weighted by Gasteiger charge is 2.44. The average molecular weight is 399 g/mol. The molecule has 1 aromatic heterocycles. The van der Waals surface area contributed by atoms with E-state index in [-0.39, 0.29) is 23.5 Å². The summed E-state index contributed by atoms with van der Waals surface area (Å²) >= 11 is 5.95. The summed E-state index contributed by atoms with van der Waals surface area (Å²) in [5.74, 6) is -7.11. The first kappa shape index (κ1) is 20.3. The van der Waals surface area contributed by atoms with Crippen molar-refractivity contribution in [2.45, 2.75) is 12.8 Å². The van der Waals surface area contributed by atoms with Crippen LogP contribution in [0, 0.1) is 17.1 Å². The lowest BCUT2D eigenvalue weighted by atomic mass is 10.1. The maximum Gasteiger partial charge on any atom is 0.352 e. The molecular formula is C17H14ClF3N4O2. The molecule has 0 bridgehead atoms. The quantitative estimate of drug-likeness (QED) is 0.811. The Morgan fingerprint density at radius 3 is 2.63 bits per heavy atom. The van der Waals surface area contributed by atoms with Crippen LogP contribution in [-0.4, -0.2) is 22.9 Å². The highest BCUT2D eigenvalue weighted by Crippen LogP contribution is 2.37. The average Bonchev–Trinajstić information content (AvgIpc) is 2.91. The third kappa shape index (κ3) is 3.90. The number of benzene rings is 1. The van der Waals surface area contributed by atoms with Gasteiger partial charge in [0.2, 0.25) is 0 Å². The molecule has 0 saturated carbocycles. The number of anilines is 1. The number of hydrogen-bond donors (Lipinski definition) is 2. The number of likely N-dealkylation sites (N-methyl/N-ethyl adjacent to an activating group) is 1. The molecular weight excluding hydrogens is 385 g/mol. The Morgan fingerprint density at radius 2 is 2.04 bits per heavy atom. The lowest BCUT2D eigenvalue weighted by molar-refractivity contribution is -0.146. The summed E-state index contributed by atoms with van der Waals surface area (Å²) in [5.41, 5.74) is -1.36. The third-order valence-electron chi connectivity index (χ3n) is 3.64. The molecule has 2 amide bonds. The van der Waals surface area contributed by atoms with Gasteiger partial charge in [0.15, 0.2) is 0 Å². The minimum absolute atomic E-state index is 0.00197. The number of aryl methyl sites for hydroxylation is 1. The zero-order valence-corrected chi connectivity index (χ0v) is 15.0. The van der Waals surface area contributed by atoms with Gasteiger partial charge >= 0.3 is 5.92 Å². The molecule has 10 heteroatoms. The van der Waals surface area contributed by atoms with Crippen molar-refractivity contribution in [3.05, 3.63) is 52.1 Å². The Balaban J connectivity index is 2.37. The Kier molecular flexibility index (Phi) is 5.81. The number of rotatable bonds is 5. The molecule has 2 aromatic rings. The minimum Gasteiger partial charge on any atom is -0.351 e.